The molecular weight excluding hydrogens is 344 g/mol. The first-order chi connectivity index (χ1) is 11.9. The number of carbonyl (C=O) groups excluding carboxylic acids is 3. The van der Waals surface area contributed by atoms with Crippen LogP contribution in [0.1, 0.15) is 26.3 Å². The molecule has 0 aliphatic carbocycles. The van der Waals surface area contributed by atoms with Gasteiger partial charge in [0, 0.05) is 17.0 Å². The highest BCUT2D eigenvalue weighted by Gasteiger charge is 2.20. The van der Waals surface area contributed by atoms with Gasteiger partial charge in [-0.25, -0.2) is 4.79 Å². The largest absolute Gasteiger partial charge is 0.465 e. The van der Waals surface area contributed by atoms with E-state index < -0.39 is 23.8 Å². The maximum Gasteiger partial charge on any atom is 0.337 e. The van der Waals surface area contributed by atoms with Gasteiger partial charge in [0.15, 0.2) is 0 Å². The van der Waals surface area contributed by atoms with Gasteiger partial charge in [0.1, 0.15) is 6.04 Å². The molecule has 0 aliphatic heterocycles. The molecule has 0 fully saturated rings. The van der Waals surface area contributed by atoms with Crippen LogP contribution in [0.2, 0.25) is 5.02 Å². The van der Waals surface area contributed by atoms with E-state index in [-0.39, 0.29) is 17.5 Å². The zero-order chi connectivity index (χ0) is 18.4. The number of hydrogen-bond acceptors (Lipinski definition) is 4. The molecule has 2 amide bonds. The minimum atomic E-state index is -0.909. The minimum Gasteiger partial charge on any atom is -0.465 e. The van der Waals surface area contributed by atoms with E-state index in [1.165, 1.54) is 25.3 Å². The van der Waals surface area contributed by atoms with Gasteiger partial charge >= 0.3 is 5.97 Å². The maximum atomic E-state index is 12.4. The first-order valence-corrected chi connectivity index (χ1v) is 7.81. The number of primary amides is 1. The molecule has 2 aromatic rings. The Hall–Kier alpha value is -2.86. The number of nitrogens with one attached hydrogen (secondary N) is 1. The number of carbonyl (C=O) groups is 3. The molecule has 0 unspecified atom stereocenters. The van der Waals surface area contributed by atoms with Gasteiger partial charge in [-0.1, -0.05) is 29.8 Å². The summed E-state index contributed by atoms with van der Waals surface area (Å²) in [6, 6.07) is 12.0. The van der Waals surface area contributed by atoms with E-state index in [1.807, 2.05) is 0 Å². The normalized spacial score (nSPS) is 11.4. The molecule has 0 saturated heterocycles. The topological polar surface area (TPSA) is 98.5 Å². The second kappa shape index (κ2) is 8.30. The average Bonchev–Trinajstić information content (AvgIpc) is 2.60. The Morgan fingerprint density at radius 3 is 2.44 bits per heavy atom. The molecule has 25 heavy (non-hydrogen) atoms. The molecule has 2 rings (SSSR count). The van der Waals surface area contributed by atoms with Gasteiger partial charge in [0.25, 0.3) is 5.91 Å². The molecule has 3 N–H and O–H groups in total. The fourth-order valence-corrected chi connectivity index (χ4v) is 2.48. The van der Waals surface area contributed by atoms with Gasteiger partial charge < -0.3 is 15.8 Å². The molecule has 0 heterocycles. The monoisotopic (exact) mass is 360 g/mol. The third-order valence-electron chi connectivity index (χ3n) is 3.52. The Kier molecular flexibility index (Phi) is 6.14. The van der Waals surface area contributed by atoms with Crippen molar-refractivity contribution in [1.82, 2.24) is 5.32 Å². The van der Waals surface area contributed by atoms with Gasteiger partial charge in [0.2, 0.25) is 5.91 Å². The summed E-state index contributed by atoms with van der Waals surface area (Å²) in [5, 5.41) is 3.10. The van der Waals surface area contributed by atoms with Crippen molar-refractivity contribution in [1.29, 1.82) is 0 Å². The smallest absolute Gasteiger partial charge is 0.337 e. The average molecular weight is 361 g/mol. The van der Waals surface area contributed by atoms with Gasteiger partial charge in [-0.3, -0.25) is 9.59 Å². The number of ether oxygens (including phenoxy) is 1. The van der Waals surface area contributed by atoms with Crippen LogP contribution in [0.4, 0.5) is 0 Å². The molecule has 7 heteroatoms. The fraction of sp³-hybridized carbons (Fsp3) is 0.167. The Morgan fingerprint density at radius 1 is 1.12 bits per heavy atom. The number of rotatable bonds is 6. The third kappa shape index (κ3) is 5.06. The highest BCUT2D eigenvalue weighted by Crippen LogP contribution is 2.13. The van der Waals surface area contributed by atoms with Crippen LogP contribution in [0.3, 0.4) is 0 Å². The fourth-order valence-electron chi connectivity index (χ4n) is 2.27. The van der Waals surface area contributed by atoms with Crippen LogP contribution in [0.15, 0.2) is 48.5 Å². The summed E-state index contributed by atoms with van der Waals surface area (Å²) < 4.78 is 4.62. The van der Waals surface area contributed by atoms with Crippen molar-refractivity contribution in [2.45, 2.75) is 12.5 Å². The van der Waals surface area contributed by atoms with Gasteiger partial charge in [0.05, 0.1) is 12.7 Å². The zero-order valence-corrected chi connectivity index (χ0v) is 14.2. The number of nitrogens with two attached hydrogens (primary N) is 1. The van der Waals surface area contributed by atoms with E-state index >= 15 is 0 Å². The lowest BCUT2D eigenvalue weighted by molar-refractivity contribution is -0.119. The predicted octanol–water partition coefficient (Wildman–Crippen LogP) is 1.95. The van der Waals surface area contributed by atoms with Crippen molar-refractivity contribution in [3.8, 4) is 0 Å². The summed E-state index contributed by atoms with van der Waals surface area (Å²) in [4.78, 5) is 35.6. The van der Waals surface area contributed by atoms with E-state index in [9.17, 15) is 14.4 Å². The van der Waals surface area contributed by atoms with E-state index in [0.717, 1.165) is 5.56 Å². The quantitative estimate of drug-likeness (QED) is 0.769. The standard InChI is InChI=1S/C18H17ClN2O4/c1-25-18(24)13-6-3-5-12(10-13)17(23)21-15(16(20)22)9-11-4-2-7-14(19)8-11/h2-8,10,15H,9H2,1H3,(H2,20,22)(H,21,23)/t15-/m0/s1. The summed E-state index contributed by atoms with van der Waals surface area (Å²) in [5.41, 5.74) is 6.61. The van der Waals surface area contributed by atoms with E-state index in [4.69, 9.17) is 17.3 Å². The van der Waals surface area contributed by atoms with E-state index in [1.54, 1.807) is 30.3 Å². The zero-order valence-electron chi connectivity index (χ0n) is 13.5. The molecule has 130 valence electrons. The van der Waals surface area contributed by atoms with Crippen molar-refractivity contribution >= 4 is 29.4 Å². The predicted molar refractivity (Wildman–Crippen MR) is 93.4 cm³/mol. The molecule has 0 aromatic heterocycles. The van der Waals surface area contributed by atoms with Crippen LogP contribution in [0.5, 0.6) is 0 Å². The van der Waals surface area contributed by atoms with Crippen LogP contribution in [-0.4, -0.2) is 30.9 Å². The van der Waals surface area contributed by atoms with Crippen molar-refractivity contribution in [2.75, 3.05) is 7.11 Å². The first kappa shape index (κ1) is 18.5. The van der Waals surface area contributed by atoms with Crippen molar-refractivity contribution in [3.05, 3.63) is 70.2 Å². The second-order valence-electron chi connectivity index (χ2n) is 5.33. The van der Waals surface area contributed by atoms with Gasteiger partial charge in [-0.2, -0.15) is 0 Å². The number of amides is 2. The summed E-state index contributed by atoms with van der Waals surface area (Å²) in [6.07, 6.45) is 0.207. The second-order valence-corrected chi connectivity index (χ2v) is 5.77. The molecule has 0 spiro atoms. The van der Waals surface area contributed by atoms with Crippen molar-refractivity contribution < 1.29 is 19.1 Å². The van der Waals surface area contributed by atoms with Crippen LogP contribution in [0, 0.1) is 0 Å². The van der Waals surface area contributed by atoms with Crippen LogP contribution < -0.4 is 11.1 Å². The van der Waals surface area contributed by atoms with Crippen LogP contribution in [-0.2, 0) is 16.0 Å². The lowest BCUT2D eigenvalue weighted by Crippen LogP contribution is -2.45. The molecule has 0 bridgehead atoms. The minimum absolute atomic E-state index is 0.207. The third-order valence-corrected chi connectivity index (χ3v) is 3.76. The number of halogens is 1. The lowest BCUT2D eigenvalue weighted by atomic mass is 10.0. The molecular formula is C18H17ClN2O4. The summed E-state index contributed by atoms with van der Waals surface area (Å²) >= 11 is 5.92. The van der Waals surface area contributed by atoms with E-state index in [0.29, 0.717) is 5.02 Å². The Morgan fingerprint density at radius 2 is 1.80 bits per heavy atom. The van der Waals surface area contributed by atoms with Gasteiger partial charge in [-0.05, 0) is 35.9 Å². The lowest BCUT2D eigenvalue weighted by Gasteiger charge is -2.16. The highest BCUT2D eigenvalue weighted by molar-refractivity contribution is 6.30. The highest BCUT2D eigenvalue weighted by atomic mass is 35.5. The summed E-state index contributed by atoms with van der Waals surface area (Å²) in [7, 11) is 1.25. The summed E-state index contributed by atoms with van der Waals surface area (Å²) in [5.74, 6) is -1.74. The van der Waals surface area contributed by atoms with Crippen LogP contribution >= 0.6 is 11.6 Å². The van der Waals surface area contributed by atoms with Gasteiger partial charge in [-0.15, -0.1) is 0 Å². The molecule has 0 radical (unpaired) electrons. The number of hydrogen-bond donors (Lipinski definition) is 2. The van der Waals surface area contributed by atoms with Crippen molar-refractivity contribution in [3.63, 3.8) is 0 Å². The number of methoxy groups -OCH3 is 1. The Labute approximate surface area is 149 Å². The molecule has 0 aliphatic rings. The molecule has 6 nitrogen and oxygen atoms in total. The number of benzene rings is 2. The molecule has 1 atom stereocenters. The van der Waals surface area contributed by atoms with Crippen LogP contribution in [0.25, 0.3) is 0 Å². The van der Waals surface area contributed by atoms with E-state index in [2.05, 4.69) is 10.1 Å². The molecule has 2 aromatic carbocycles. The maximum absolute atomic E-state index is 12.4. The first-order valence-electron chi connectivity index (χ1n) is 7.43. The summed E-state index contributed by atoms with van der Waals surface area (Å²) in [6.45, 7) is 0. The van der Waals surface area contributed by atoms with Crippen molar-refractivity contribution in [2.24, 2.45) is 5.73 Å². The Balaban J connectivity index is 2.15. The molecule has 0 saturated carbocycles. The SMILES string of the molecule is COC(=O)c1cccc(C(=O)N[C@@H](Cc2cccc(Cl)c2)C(N)=O)c1. The Bertz CT molecular complexity index is 807. The number of esters is 1.